The minimum Gasteiger partial charge on any atom is -0.497 e. The number of nitrogens with zero attached hydrogens (tertiary/aromatic N) is 1. The molecule has 2 N–H and O–H groups in total. The van der Waals surface area contributed by atoms with E-state index in [0.717, 1.165) is 30.1 Å². The van der Waals surface area contributed by atoms with Gasteiger partial charge in [-0.25, -0.2) is 0 Å². The topological polar surface area (TPSA) is 36.5 Å². The van der Waals surface area contributed by atoms with Crippen LogP contribution in [0.2, 0.25) is 0 Å². The highest BCUT2D eigenvalue weighted by Crippen LogP contribution is 2.17. The van der Waals surface area contributed by atoms with Gasteiger partial charge in [-0.1, -0.05) is 12.1 Å². The Labute approximate surface area is 149 Å². The first-order valence-electron chi connectivity index (χ1n) is 8.19. The van der Waals surface area contributed by atoms with Gasteiger partial charge in [-0.3, -0.25) is 0 Å². The summed E-state index contributed by atoms with van der Waals surface area (Å²) in [6.45, 7) is 7.01. The summed E-state index contributed by atoms with van der Waals surface area (Å²) < 4.78 is 5.15. The third-order valence-electron chi connectivity index (χ3n) is 3.87. The van der Waals surface area contributed by atoms with E-state index < -0.39 is 0 Å². The Morgan fingerprint density at radius 2 is 1.62 bits per heavy atom. The van der Waals surface area contributed by atoms with Crippen LogP contribution in [-0.2, 0) is 6.54 Å². The second kappa shape index (κ2) is 9.13. The van der Waals surface area contributed by atoms with Crippen LogP contribution < -0.4 is 20.3 Å². The fourth-order valence-electron chi connectivity index (χ4n) is 2.45. The second-order valence-corrected chi connectivity index (χ2v) is 5.78. The number of benzene rings is 2. The Bertz CT molecular complexity index is 637. The minimum absolute atomic E-state index is 0.612. The fourth-order valence-corrected chi connectivity index (χ4v) is 2.64. The molecule has 0 aliphatic carbocycles. The van der Waals surface area contributed by atoms with Crippen molar-refractivity contribution in [3.63, 3.8) is 0 Å². The number of hydrogen-bond acceptors (Lipinski definition) is 3. The van der Waals surface area contributed by atoms with Gasteiger partial charge in [-0.05, 0) is 68.0 Å². The van der Waals surface area contributed by atoms with E-state index in [0.29, 0.717) is 11.7 Å². The summed E-state index contributed by atoms with van der Waals surface area (Å²) in [5, 5.41) is 7.04. The molecule has 0 fully saturated rings. The number of anilines is 2. The van der Waals surface area contributed by atoms with Crippen molar-refractivity contribution >= 4 is 28.7 Å². The predicted octanol–water partition coefficient (Wildman–Crippen LogP) is 4.03. The molecule has 0 saturated carbocycles. The Hall–Kier alpha value is -2.27. The Kier molecular flexibility index (Phi) is 6.88. The highest BCUT2D eigenvalue weighted by molar-refractivity contribution is 7.80. The number of methoxy groups -OCH3 is 1. The van der Waals surface area contributed by atoms with Crippen LogP contribution in [0.15, 0.2) is 48.5 Å². The first kappa shape index (κ1) is 18.1. The number of ether oxygens (including phenoxy) is 1. The van der Waals surface area contributed by atoms with Crippen molar-refractivity contribution in [2.45, 2.75) is 20.4 Å². The lowest BCUT2D eigenvalue weighted by Crippen LogP contribution is -2.28. The molecule has 128 valence electrons. The van der Waals surface area contributed by atoms with Crippen molar-refractivity contribution in [2.75, 3.05) is 30.4 Å². The van der Waals surface area contributed by atoms with E-state index in [-0.39, 0.29) is 0 Å². The molecule has 0 atom stereocenters. The van der Waals surface area contributed by atoms with Crippen LogP contribution >= 0.6 is 12.2 Å². The monoisotopic (exact) mass is 343 g/mol. The Morgan fingerprint density at radius 1 is 1.00 bits per heavy atom. The molecule has 0 aliphatic rings. The molecule has 5 heteroatoms. The van der Waals surface area contributed by atoms with Gasteiger partial charge in [0.15, 0.2) is 5.11 Å². The molecule has 2 aromatic rings. The third kappa shape index (κ3) is 5.13. The highest BCUT2D eigenvalue weighted by atomic mass is 32.1. The molecule has 0 radical (unpaired) electrons. The maximum Gasteiger partial charge on any atom is 0.171 e. The highest BCUT2D eigenvalue weighted by Gasteiger charge is 2.03. The molecule has 0 unspecified atom stereocenters. The molecule has 0 heterocycles. The van der Waals surface area contributed by atoms with Crippen LogP contribution in [0.5, 0.6) is 5.75 Å². The van der Waals surface area contributed by atoms with Gasteiger partial charge < -0.3 is 20.3 Å². The zero-order valence-corrected chi connectivity index (χ0v) is 15.3. The van der Waals surface area contributed by atoms with E-state index in [1.54, 1.807) is 7.11 Å². The average Bonchev–Trinajstić information content (AvgIpc) is 2.63. The van der Waals surface area contributed by atoms with Gasteiger partial charge >= 0.3 is 0 Å². The van der Waals surface area contributed by atoms with Gasteiger partial charge in [0.1, 0.15) is 5.75 Å². The van der Waals surface area contributed by atoms with Crippen LogP contribution in [0, 0.1) is 0 Å². The molecule has 2 rings (SSSR count). The molecular weight excluding hydrogens is 318 g/mol. The average molecular weight is 343 g/mol. The van der Waals surface area contributed by atoms with E-state index in [9.17, 15) is 0 Å². The van der Waals surface area contributed by atoms with E-state index in [1.807, 2.05) is 24.3 Å². The molecular formula is C19H25N3OS. The summed E-state index contributed by atoms with van der Waals surface area (Å²) in [4.78, 5) is 2.31. The lowest BCUT2D eigenvalue weighted by Gasteiger charge is -2.21. The summed E-state index contributed by atoms with van der Waals surface area (Å²) in [6, 6.07) is 16.3. The van der Waals surface area contributed by atoms with Gasteiger partial charge in [0, 0.05) is 31.0 Å². The quantitative estimate of drug-likeness (QED) is 0.743. The van der Waals surface area contributed by atoms with E-state index in [4.69, 9.17) is 17.0 Å². The lowest BCUT2D eigenvalue weighted by molar-refractivity contribution is 0.414. The summed E-state index contributed by atoms with van der Waals surface area (Å²) in [5.41, 5.74) is 3.36. The van der Waals surface area contributed by atoms with Crippen molar-refractivity contribution in [2.24, 2.45) is 0 Å². The number of thiocarbonyl (C=S) groups is 1. The van der Waals surface area contributed by atoms with Crippen LogP contribution in [0.4, 0.5) is 11.4 Å². The molecule has 0 aromatic heterocycles. The van der Waals surface area contributed by atoms with Gasteiger partial charge in [0.05, 0.1) is 7.11 Å². The summed E-state index contributed by atoms with van der Waals surface area (Å²) >= 11 is 5.36. The van der Waals surface area contributed by atoms with Crippen molar-refractivity contribution in [3.8, 4) is 5.75 Å². The van der Waals surface area contributed by atoms with Crippen molar-refractivity contribution in [1.29, 1.82) is 0 Å². The molecule has 24 heavy (non-hydrogen) atoms. The zero-order chi connectivity index (χ0) is 17.4. The Morgan fingerprint density at radius 3 is 2.17 bits per heavy atom. The predicted molar refractivity (Wildman–Crippen MR) is 106 cm³/mol. The van der Waals surface area contributed by atoms with E-state index >= 15 is 0 Å². The first-order valence-corrected chi connectivity index (χ1v) is 8.59. The number of hydrogen-bond donors (Lipinski definition) is 2. The molecule has 4 nitrogen and oxygen atoms in total. The summed E-state index contributed by atoms with van der Waals surface area (Å²) in [6.07, 6.45) is 0. The second-order valence-electron chi connectivity index (χ2n) is 5.37. The molecule has 0 spiro atoms. The van der Waals surface area contributed by atoms with Gasteiger partial charge in [0.25, 0.3) is 0 Å². The fraction of sp³-hybridized carbons (Fsp3) is 0.316. The maximum absolute atomic E-state index is 5.36. The summed E-state index contributed by atoms with van der Waals surface area (Å²) in [5.74, 6) is 0.854. The number of nitrogens with one attached hydrogen (secondary N) is 2. The van der Waals surface area contributed by atoms with Crippen molar-refractivity contribution in [1.82, 2.24) is 5.32 Å². The largest absolute Gasteiger partial charge is 0.497 e. The van der Waals surface area contributed by atoms with Gasteiger partial charge in [-0.15, -0.1) is 0 Å². The van der Waals surface area contributed by atoms with Crippen LogP contribution in [0.3, 0.4) is 0 Å². The van der Waals surface area contributed by atoms with Gasteiger partial charge in [-0.2, -0.15) is 0 Å². The SMILES string of the molecule is CCN(CC)c1ccc(NC(=S)NCc2ccc(OC)cc2)cc1. The van der Waals surface area contributed by atoms with Crippen molar-refractivity contribution < 1.29 is 4.74 Å². The smallest absolute Gasteiger partial charge is 0.171 e. The molecule has 0 saturated heterocycles. The zero-order valence-electron chi connectivity index (χ0n) is 14.5. The standard InChI is InChI=1S/C19H25N3OS/c1-4-22(5-2)17-10-8-16(9-11-17)21-19(24)20-14-15-6-12-18(23-3)13-7-15/h6-13H,4-5,14H2,1-3H3,(H2,20,21,24). The Balaban J connectivity index is 1.85. The normalized spacial score (nSPS) is 10.1. The van der Waals surface area contributed by atoms with Crippen LogP contribution in [-0.4, -0.2) is 25.3 Å². The molecule has 0 aliphatic heterocycles. The minimum atomic E-state index is 0.612. The van der Waals surface area contributed by atoms with Crippen LogP contribution in [0.25, 0.3) is 0 Å². The van der Waals surface area contributed by atoms with Gasteiger partial charge in [0.2, 0.25) is 0 Å². The molecule has 0 amide bonds. The lowest BCUT2D eigenvalue weighted by atomic mass is 10.2. The molecule has 0 bridgehead atoms. The van der Waals surface area contributed by atoms with E-state index in [1.165, 1.54) is 5.69 Å². The maximum atomic E-state index is 5.36. The molecule has 2 aromatic carbocycles. The summed E-state index contributed by atoms with van der Waals surface area (Å²) in [7, 11) is 1.66. The van der Waals surface area contributed by atoms with Crippen molar-refractivity contribution in [3.05, 3.63) is 54.1 Å². The third-order valence-corrected chi connectivity index (χ3v) is 4.11. The number of rotatable bonds is 7. The van der Waals surface area contributed by atoms with E-state index in [2.05, 4.69) is 53.6 Å². The first-order chi connectivity index (χ1) is 11.7. The van der Waals surface area contributed by atoms with Crippen LogP contribution in [0.1, 0.15) is 19.4 Å².